The first-order valence-electron chi connectivity index (χ1n) is 8.48. The van der Waals surface area contributed by atoms with Crippen LogP contribution in [0.15, 0.2) is 29.3 Å². The highest BCUT2D eigenvalue weighted by atomic mass is 35.5. The number of guanidine groups is 1. The minimum absolute atomic E-state index is 0.151. The van der Waals surface area contributed by atoms with Gasteiger partial charge in [-0.2, -0.15) is 0 Å². The second-order valence-electron chi connectivity index (χ2n) is 6.50. The fourth-order valence-electron chi connectivity index (χ4n) is 3.75. The van der Waals surface area contributed by atoms with Gasteiger partial charge in [0.05, 0.1) is 0 Å². The predicted molar refractivity (Wildman–Crippen MR) is 95.7 cm³/mol. The lowest BCUT2D eigenvalue weighted by Crippen LogP contribution is -2.64. The van der Waals surface area contributed by atoms with Crippen molar-refractivity contribution in [1.29, 1.82) is 0 Å². The normalized spacial score (nSPS) is 25.5. The number of urea groups is 1. The molecule has 1 aromatic rings. The molecule has 7 nitrogen and oxygen atoms in total. The molecule has 2 fully saturated rings. The van der Waals surface area contributed by atoms with E-state index < -0.39 is 12.2 Å². The predicted octanol–water partition coefficient (Wildman–Crippen LogP) is 1.83. The molecule has 0 bridgehead atoms. The van der Waals surface area contributed by atoms with Gasteiger partial charge in [0.1, 0.15) is 0 Å². The number of anilines is 1. The number of hydrogen-bond acceptors (Lipinski definition) is 5. The van der Waals surface area contributed by atoms with E-state index in [1.165, 1.54) is 4.90 Å². The fraction of sp³-hybridized carbons (Fsp3) is 0.471. The number of nitrogens with zero attached hydrogens (tertiary/aromatic N) is 5. The molecule has 3 heterocycles. The maximum Gasteiger partial charge on any atom is 0.328 e. The number of aliphatic imine (C=N–C) groups is 1. The zero-order valence-corrected chi connectivity index (χ0v) is 15.0. The van der Waals surface area contributed by atoms with E-state index in [0.29, 0.717) is 18.1 Å². The second-order valence-corrected chi connectivity index (χ2v) is 6.93. The van der Waals surface area contributed by atoms with Crippen LogP contribution in [0.25, 0.3) is 0 Å². The summed E-state index contributed by atoms with van der Waals surface area (Å²) in [6.07, 6.45) is 0.274. The first-order valence-corrected chi connectivity index (χ1v) is 8.86. The Morgan fingerprint density at radius 3 is 2.80 bits per heavy atom. The van der Waals surface area contributed by atoms with E-state index >= 15 is 0 Å². The molecule has 3 aliphatic heterocycles. The minimum atomic E-state index is -0.468. The standard InChI is InChI=1S/C17H20ClN5O2/c1-3-7-23-15(24)13-14(20(2)17(23)25)19-16-21(8-9-22(13)16)12-6-4-5-11(18)10-12/h4-6,10,13-14H,3,7-9H2,1-2H3. The highest BCUT2D eigenvalue weighted by Crippen LogP contribution is 2.33. The average molecular weight is 362 g/mol. The van der Waals surface area contributed by atoms with Gasteiger partial charge in [-0.3, -0.25) is 9.69 Å². The molecule has 0 aromatic heterocycles. The summed E-state index contributed by atoms with van der Waals surface area (Å²) in [5.41, 5.74) is 0.944. The summed E-state index contributed by atoms with van der Waals surface area (Å²) in [4.78, 5) is 37.1. The summed E-state index contributed by atoms with van der Waals surface area (Å²) in [7, 11) is 1.71. The van der Waals surface area contributed by atoms with Crippen molar-refractivity contribution in [3.63, 3.8) is 0 Å². The molecule has 8 heteroatoms. The molecule has 2 atom stereocenters. The van der Waals surface area contributed by atoms with Crippen molar-refractivity contribution in [2.45, 2.75) is 25.6 Å². The first kappa shape index (κ1) is 16.2. The third-order valence-corrected chi connectivity index (χ3v) is 5.18. The molecule has 0 radical (unpaired) electrons. The number of imide groups is 1. The molecular weight excluding hydrogens is 342 g/mol. The summed E-state index contributed by atoms with van der Waals surface area (Å²) in [6, 6.07) is 6.87. The molecule has 0 N–H and O–H groups in total. The van der Waals surface area contributed by atoms with Crippen LogP contribution in [-0.2, 0) is 4.79 Å². The summed E-state index contributed by atoms with van der Waals surface area (Å²) >= 11 is 6.11. The lowest BCUT2D eigenvalue weighted by molar-refractivity contribution is -0.137. The molecule has 2 saturated heterocycles. The lowest BCUT2D eigenvalue weighted by atomic mass is 10.1. The Morgan fingerprint density at radius 2 is 2.08 bits per heavy atom. The Balaban J connectivity index is 1.68. The lowest BCUT2D eigenvalue weighted by Gasteiger charge is -2.40. The van der Waals surface area contributed by atoms with Gasteiger partial charge in [0.2, 0.25) is 5.96 Å². The summed E-state index contributed by atoms with van der Waals surface area (Å²) in [5.74, 6) is 0.588. The van der Waals surface area contributed by atoms with E-state index in [1.807, 2.05) is 36.1 Å². The molecule has 25 heavy (non-hydrogen) atoms. The first-order chi connectivity index (χ1) is 12.0. The highest BCUT2D eigenvalue weighted by Gasteiger charge is 2.54. The van der Waals surface area contributed by atoms with Crippen LogP contribution in [0.2, 0.25) is 5.02 Å². The maximum absolute atomic E-state index is 12.9. The van der Waals surface area contributed by atoms with E-state index in [-0.39, 0.29) is 11.9 Å². The van der Waals surface area contributed by atoms with Gasteiger partial charge in [-0.25, -0.2) is 9.79 Å². The number of rotatable bonds is 3. The van der Waals surface area contributed by atoms with Gasteiger partial charge in [0.25, 0.3) is 5.91 Å². The van der Waals surface area contributed by atoms with Crippen molar-refractivity contribution in [2.24, 2.45) is 4.99 Å². The summed E-state index contributed by atoms with van der Waals surface area (Å²) in [6.45, 7) is 3.83. The Morgan fingerprint density at radius 1 is 1.28 bits per heavy atom. The minimum Gasteiger partial charge on any atom is -0.325 e. The van der Waals surface area contributed by atoms with Crippen molar-refractivity contribution in [3.05, 3.63) is 29.3 Å². The Bertz CT molecular complexity index is 767. The molecule has 4 rings (SSSR count). The summed E-state index contributed by atoms with van der Waals surface area (Å²) < 4.78 is 0. The van der Waals surface area contributed by atoms with Gasteiger partial charge in [-0.1, -0.05) is 24.6 Å². The van der Waals surface area contributed by atoms with Crippen LogP contribution in [0.5, 0.6) is 0 Å². The van der Waals surface area contributed by atoms with Crippen molar-refractivity contribution in [3.8, 4) is 0 Å². The zero-order valence-electron chi connectivity index (χ0n) is 14.2. The van der Waals surface area contributed by atoms with Crippen molar-refractivity contribution < 1.29 is 9.59 Å². The number of carbonyl (C=O) groups excluding carboxylic acids is 2. The van der Waals surface area contributed by atoms with Crippen LogP contribution in [0.4, 0.5) is 10.5 Å². The molecular formula is C17H20ClN5O2. The number of fused-ring (bicyclic) bond motifs is 3. The van der Waals surface area contributed by atoms with Crippen LogP contribution in [0, 0.1) is 0 Å². The number of likely N-dealkylation sites (N-methyl/N-ethyl adjacent to an activating group) is 1. The van der Waals surface area contributed by atoms with E-state index in [2.05, 4.69) is 4.90 Å². The maximum atomic E-state index is 12.9. The highest BCUT2D eigenvalue weighted by molar-refractivity contribution is 6.31. The number of carbonyl (C=O) groups is 2. The van der Waals surface area contributed by atoms with Gasteiger partial charge in [0.15, 0.2) is 12.2 Å². The Kier molecular flexibility index (Phi) is 3.83. The van der Waals surface area contributed by atoms with Crippen LogP contribution in [-0.4, -0.2) is 71.5 Å². The van der Waals surface area contributed by atoms with E-state index in [9.17, 15) is 9.59 Å². The van der Waals surface area contributed by atoms with Crippen molar-refractivity contribution in [2.75, 3.05) is 31.6 Å². The second kappa shape index (κ2) is 5.91. The van der Waals surface area contributed by atoms with Gasteiger partial charge < -0.3 is 14.7 Å². The van der Waals surface area contributed by atoms with E-state index in [0.717, 1.165) is 24.6 Å². The van der Waals surface area contributed by atoms with Gasteiger partial charge in [-0.15, -0.1) is 0 Å². The summed E-state index contributed by atoms with van der Waals surface area (Å²) in [5, 5.41) is 0.657. The van der Waals surface area contributed by atoms with Gasteiger partial charge >= 0.3 is 6.03 Å². The molecule has 132 valence electrons. The smallest absolute Gasteiger partial charge is 0.325 e. The monoisotopic (exact) mass is 361 g/mol. The van der Waals surface area contributed by atoms with Crippen LogP contribution in [0.3, 0.4) is 0 Å². The molecule has 2 unspecified atom stereocenters. The van der Waals surface area contributed by atoms with E-state index in [1.54, 1.807) is 11.9 Å². The van der Waals surface area contributed by atoms with Crippen LogP contribution < -0.4 is 4.90 Å². The van der Waals surface area contributed by atoms with Crippen molar-refractivity contribution in [1.82, 2.24) is 14.7 Å². The fourth-order valence-corrected chi connectivity index (χ4v) is 3.94. The SMILES string of the molecule is CCCN1C(=O)C2C(N=C3N(c4cccc(Cl)c4)CCN32)N(C)C1=O. The quantitative estimate of drug-likeness (QED) is 0.824. The van der Waals surface area contributed by atoms with Gasteiger partial charge in [0, 0.05) is 37.4 Å². The zero-order chi connectivity index (χ0) is 17.7. The molecule has 0 aliphatic carbocycles. The van der Waals surface area contributed by atoms with E-state index in [4.69, 9.17) is 16.6 Å². The largest absolute Gasteiger partial charge is 0.328 e. The third kappa shape index (κ3) is 2.37. The number of hydrogen-bond donors (Lipinski definition) is 0. The average Bonchev–Trinajstić information content (AvgIpc) is 3.16. The Hall–Kier alpha value is -2.28. The number of halogens is 1. The van der Waals surface area contributed by atoms with Crippen LogP contribution >= 0.6 is 11.6 Å². The van der Waals surface area contributed by atoms with Gasteiger partial charge in [-0.05, 0) is 24.6 Å². The molecule has 0 spiro atoms. The molecule has 0 saturated carbocycles. The number of amides is 3. The Labute approximate surface area is 151 Å². The van der Waals surface area contributed by atoms with Crippen LogP contribution in [0.1, 0.15) is 13.3 Å². The number of benzene rings is 1. The molecule has 1 aromatic carbocycles. The molecule has 3 aliphatic rings. The topological polar surface area (TPSA) is 59.5 Å². The molecule has 3 amide bonds. The van der Waals surface area contributed by atoms with Crippen molar-refractivity contribution >= 4 is 35.2 Å². The third-order valence-electron chi connectivity index (χ3n) is 4.94.